The van der Waals surface area contributed by atoms with Crippen LogP contribution in [0.1, 0.15) is 38.7 Å². The van der Waals surface area contributed by atoms with Crippen LogP contribution in [0.3, 0.4) is 0 Å². The van der Waals surface area contributed by atoms with Crippen LogP contribution in [0.15, 0.2) is 24.3 Å². The van der Waals surface area contributed by atoms with E-state index in [0.29, 0.717) is 25.9 Å². The number of carboxylic acids is 1. The summed E-state index contributed by atoms with van der Waals surface area (Å²) in [5, 5.41) is 9.38. The number of likely N-dealkylation sites (tertiary alicyclic amines) is 1. The molecule has 2 unspecified atom stereocenters. The maximum absolute atomic E-state index is 12.6. The molecule has 1 saturated heterocycles. The summed E-state index contributed by atoms with van der Waals surface area (Å²) in [6.45, 7) is 4.74. The Kier molecular flexibility index (Phi) is 5.86. The zero-order valence-corrected chi connectivity index (χ0v) is 14.7. The summed E-state index contributed by atoms with van der Waals surface area (Å²) < 4.78 is 5.36. The summed E-state index contributed by atoms with van der Waals surface area (Å²) in [6.07, 6.45) is 2.56. The molecule has 1 aromatic rings. The molecule has 0 saturated carbocycles. The molecule has 24 heavy (non-hydrogen) atoms. The first kappa shape index (κ1) is 18.3. The number of carbonyl (C=O) groups is 2. The van der Waals surface area contributed by atoms with Crippen molar-refractivity contribution in [2.45, 2.75) is 39.5 Å². The Morgan fingerprint density at radius 1 is 1.38 bits per heavy atom. The van der Waals surface area contributed by atoms with E-state index in [1.165, 1.54) is 0 Å². The second-order valence-electron chi connectivity index (χ2n) is 7.11. The predicted octanol–water partition coefficient (Wildman–Crippen LogP) is 2.98. The third kappa shape index (κ3) is 4.28. The second kappa shape index (κ2) is 7.69. The lowest BCUT2D eigenvalue weighted by atomic mass is 9.81. The molecule has 5 heteroatoms. The van der Waals surface area contributed by atoms with E-state index in [9.17, 15) is 14.7 Å². The Labute approximate surface area is 143 Å². The van der Waals surface area contributed by atoms with Crippen molar-refractivity contribution in [3.63, 3.8) is 0 Å². The number of hydrogen-bond donors (Lipinski definition) is 1. The van der Waals surface area contributed by atoms with Crippen LogP contribution in [0.4, 0.5) is 0 Å². The third-order valence-electron chi connectivity index (χ3n) is 4.85. The molecule has 0 aromatic heterocycles. The first-order valence-corrected chi connectivity index (χ1v) is 8.49. The molecular formula is C19H27NO4. The molecule has 2 atom stereocenters. The lowest BCUT2D eigenvalue weighted by molar-refractivity contribution is -0.153. The summed E-state index contributed by atoms with van der Waals surface area (Å²) in [4.78, 5) is 25.7. The largest absolute Gasteiger partial charge is 0.496 e. The molecule has 1 aromatic carbocycles. The van der Waals surface area contributed by atoms with Gasteiger partial charge >= 0.3 is 5.97 Å². The molecular weight excluding hydrogens is 306 g/mol. The third-order valence-corrected chi connectivity index (χ3v) is 4.85. The zero-order valence-electron chi connectivity index (χ0n) is 14.7. The molecule has 132 valence electrons. The number of ether oxygens (including phenoxy) is 1. The quantitative estimate of drug-likeness (QED) is 0.869. The normalized spacial score (nSPS) is 22.0. The first-order chi connectivity index (χ1) is 11.4. The summed E-state index contributed by atoms with van der Waals surface area (Å²) in [5.74, 6) is 0.242. The number of carbonyl (C=O) groups excluding carboxylic acids is 1. The van der Waals surface area contributed by atoms with Gasteiger partial charge in [-0.3, -0.25) is 9.59 Å². The van der Waals surface area contributed by atoms with Crippen molar-refractivity contribution in [1.29, 1.82) is 0 Å². The molecule has 1 N–H and O–H groups in total. The average Bonchev–Trinajstić information content (AvgIpc) is 2.55. The second-order valence-corrected chi connectivity index (χ2v) is 7.11. The number of hydrogen-bond acceptors (Lipinski definition) is 3. The fourth-order valence-electron chi connectivity index (χ4n) is 3.37. The van der Waals surface area contributed by atoms with Crippen molar-refractivity contribution in [2.75, 3.05) is 20.2 Å². The van der Waals surface area contributed by atoms with Gasteiger partial charge in [-0.2, -0.15) is 0 Å². The highest BCUT2D eigenvalue weighted by Crippen LogP contribution is 2.30. The van der Waals surface area contributed by atoms with E-state index in [4.69, 9.17) is 4.74 Å². The van der Waals surface area contributed by atoms with E-state index < -0.39 is 11.4 Å². The highest BCUT2D eigenvalue weighted by molar-refractivity contribution is 5.79. The van der Waals surface area contributed by atoms with Crippen molar-refractivity contribution >= 4 is 11.9 Å². The van der Waals surface area contributed by atoms with Crippen molar-refractivity contribution in [3.05, 3.63) is 29.8 Å². The number of benzene rings is 1. The van der Waals surface area contributed by atoms with Gasteiger partial charge in [0.1, 0.15) is 5.75 Å². The van der Waals surface area contributed by atoms with Crippen LogP contribution in [0.25, 0.3) is 0 Å². The number of aliphatic carboxylic acids is 1. The van der Waals surface area contributed by atoms with E-state index in [1.54, 1.807) is 18.9 Å². The van der Waals surface area contributed by atoms with Gasteiger partial charge in [0.05, 0.1) is 12.5 Å². The van der Waals surface area contributed by atoms with Gasteiger partial charge < -0.3 is 14.7 Å². The maximum Gasteiger partial charge on any atom is 0.311 e. The van der Waals surface area contributed by atoms with Crippen LogP contribution in [0.5, 0.6) is 5.75 Å². The molecule has 1 aliphatic heterocycles. The lowest BCUT2D eigenvalue weighted by Crippen LogP contribution is -2.48. The van der Waals surface area contributed by atoms with Gasteiger partial charge in [-0.25, -0.2) is 0 Å². The summed E-state index contributed by atoms with van der Waals surface area (Å²) in [5.41, 5.74) is 0.272. The fourth-order valence-corrected chi connectivity index (χ4v) is 3.37. The molecule has 1 aliphatic rings. The van der Waals surface area contributed by atoms with Crippen LogP contribution in [0, 0.1) is 11.3 Å². The lowest BCUT2D eigenvalue weighted by Gasteiger charge is -2.38. The Morgan fingerprint density at radius 3 is 2.75 bits per heavy atom. The Bertz CT molecular complexity index is 601. The number of amides is 1. The van der Waals surface area contributed by atoms with Gasteiger partial charge in [0.2, 0.25) is 5.91 Å². The predicted molar refractivity (Wildman–Crippen MR) is 92.0 cm³/mol. The minimum Gasteiger partial charge on any atom is -0.496 e. The highest BCUT2D eigenvalue weighted by atomic mass is 16.5. The van der Waals surface area contributed by atoms with Gasteiger partial charge in [0.15, 0.2) is 0 Å². The maximum atomic E-state index is 12.6. The minimum absolute atomic E-state index is 0.0459. The van der Waals surface area contributed by atoms with E-state index in [2.05, 4.69) is 0 Å². The number of piperidine rings is 1. The van der Waals surface area contributed by atoms with Gasteiger partial charge in [-0.15, -0.1) is 0 Å². The Hall–Kier alpha value is -2.04. The molecule has 1 fully saturated rings. The van der Waals surface area contributed by atoms with Gasteiger partial charge in [-0.1, -0.05) is 25.1 Å². The number of rotatable bonds is 6. The molecule has 2 rings (SSSR count). The fraction of sp³-hybridized carbons (Fsp3) is 0.579. The first-order valence-electron chi connectivity index (χ1n) is 8.49. The molecule has 0 spiro atoms. The average molecular weight is 333 g/mol. The minimum atomic E-state index is -0.820. The highest BCUT2D eigenvalue weighted by Gasteiger charge is 2.39. The summed E-state index contributed by atoms with van der Waals surface area (Å²) >= 11 is 0. The van der Waals surface area contributed by atoms with Gasteiger partial charge in [0, 0.05) is 19.5 Å². The van der Waals surface area contributed by atoms with E-state index in [-0.39, 0.29) is 11.8 Å². The van der Waals surface area contributed by atoms with Crippen LogP contribution in [-0.2, 0) is 16.0 Å². The van der Waals surface area contributed by atoms with Crippen molar-refractivity contribution in [2.24, 2.45) is 11.3 Å². The van der Waals surface area contributed by atoms with Crippen molar-refractivity contribution < 1.29 is 19.4 Å². The van der Waals surface area contributed by atoms with Crippen LogP contribution in [-0.4, -0.2) is 42.1 Å². The SMILES string of the molecule is COc1ccccc1CC(C)CC(=O)N1CCCC(C)(C(=O)O)C1. The standard InChI is InChI=1S/C19H27NO4/c1-14(11-15-7-4-5-8-16(15)24-3)12-17(21)20-10-6-9-19(2,13-20)18(22)23/h4-5,7-8,14H,6,9-13H2,1-3H3,(H,22,23). The zero-order chi connectivity index (χ0) is 17.7. The number of para-hydroxylation sites is 1. The van der Waals surface area contributed by atoms with Crippen LogP contribution >= 0.6 is 0 Å². The van der Waals surface area contributed by atoms with Crippen LogP contribution < -0.4 is 4.74 Å². The smallest absolute Gasteiger partial charge is 0.311 e. The van der Waals surface area contributed by atoms with E-state index in [1.807, 2.05) is 31.2 Å². The molecule has 0 aliphatic carbocycles. The van der Waals surface area contributed by atoms with E-state index >= 15 is 0 Å². The van der Waals surface area contributed by atoms with Gasteiger partial charge in [-0.05, 0) is 43.7 Å². The molecule has 5 nitrogen and oxygen atoms in total. The summed E-state index contributed by atoms with van der Waals surface area (Å²) in [7, 11) is 1.65. The molecule has 0 radical (unpaired) electrons. The number of carboxylic acid groups (broad SMARTS) is 1. The Morgan fingerprint density at radius 2 is 2.08 bits per heavy atom. The number of methoxy groups -OCH3 is 1. The summed E-state index contributed by atoms with van der Waals surface area (Å²) in [6, 6.07) is 7.84. The molecule has 1 amide bonds. The van der Waals surface area contributed by atoms with Crippen molar-refractivity contribution in [1.82, 2.24) is 4.90 Å². The van der Waals surface area contributed by atoms with Crippen molar-refractivity contribution in [3.8, 4) is 5.75 Å². The Balaban J connectivity index is 1.95. The molecule has 0 bridgehead atoms. The number of nitrogens with zero attached hydrogens (tertiary/aromatic N) is 1. The van der Waals surface area contributed by atoms with E-state index in [0.717, 1.165) is 24.2 Å². The van der Waals surface area contributed by atoms with Gasteiger partial charge in [0.25, 0.3) is 0 Å². The van der Waals surface area contributed by atoms with Crippen LogP contribution in [0.2, 0.25) is 0 Å². The topological polar surface area (TPSA) is 66.8 Å². The molecule has 1 heterocycles. The monoisotopic (exact) mass is 333 g/mol.